The van der Waals surface area contributed by atoms with Gasteiger partial charge in [-0.1, -0.05) is 42.5 Å². The molecule has 1 aliphatic heterocycles. The van der Waals surface area contributed by atoms with Gasteiger partial charge in [0, 0.05) is 11.1 Å². The number of alkyl halides is 2. The predicted octanol–water partition coefficient (Wildman–Crippen LogP) is 4.38. The fourth-order valence-electron chi connectivity index (χ4n) is 4.14. The second-order valence-corrected chi connectivity index (χ2v) is 8.65. The molecule has 176 valence electrons. The summed E-state index contributed by atoms with van der Waals surface area (Å²) in [6.45, 7) is 0.389. The third-order valence-electron chi connectivity index (χ3n) is 5.83. The maximum absolute atomic E-state index is 13.0. The van der Waals surface area contributed by atoms with Crippen LogP contribution in [-0.4, -0.2) is 38.0 Å². The molecule has 34 heavy (non-hydrogen) atoms. The summed E-state index contributed by atoms with van der Waals surface area (Å²) in [6, 6.07) is 17.4. The van der Waals surface area contributed by atoms with E-state index in [0.29, 0.717) is 28.3 Å². The van der Waals surface area contributed by atoms with E-state index in [1.807, 2.05) is 30.3 Å². The first-order chi connectivity index (χ1) is 16.2. The van der Waals surface area contributed by atoms with E-state index in [9.17, 15) is 19.0 Å². The fraction of sp³-hybridized carbons (Fsp3) is 0.280. The monoisotopic (exact) mass is 467 g/mol. The van der Waals surface area contributed by atoms with Crippen molar-refractivity contribution in [2.45, 2.75) is 38.3 Å². The minimum Gasteiger partial charge on any atom is -0.434 e. The maximum atomic E-state index is 13.0. The summed E-state index contributed by atoms with van der Waals surface area (Å²) >= 11 is 0. The highest BCUT2D eigenvalue weighted by atomic mass is 19.3. The van der Waals surface area contributed by atoms with Gasteiger partial charge in [0.2, 0.25) is 0 Å². The van der Waals surface area contributed by atoms with Crippen LogP contribution in [0.25, 0.3) is 16.9 Å². The molecule has 9 heteroatoms. The first-order valence-corrected chi connectivity index (χ1v) is 10.8. The van der Waals surface area contributed by atoms with E-state index >= 15 is 0 Å². The Bertz CT molecular complexity index is 1330. The number of halogens is 2. The van der Waals surface area contributed by atoms with Crippen LogP contribution >= 0.6 is 0 Å². The number of benzene rings is 2. The molecule has 2 N–H and O–H groups in total. The maximum Gasteiger partial charge on any atom is 0.387 e. The normalized spacial score (nSPS) is 18.3. The topological polar surface area (TPSA) is 89.1 Å². The third-order valence-corrected chi connectivity index (χ3v) is 5.83. The molecule has 0 spiro atoms. The SMILES string of the molecule is CC(C)(O)c1ccc(-c2ccc3nc4c(n3n2)C(c2ccccc2OC(F)F)OCC4O)cc1. The Morgan fingerprint density at radius 2 is 1.82 bits per heavy atom. The summed E-state index contributed by atoms with van der Waals surface area (Å²) in [5.41, 5.74) is 2.96. The molecule has 2 unspecified atom stereocenters. The number of aromatic nitrogens is 3. The number of para-hydroxylation sites is 1. The number of aliphatic hydroxyl groups excluding tert-OH is 1. The molecule has 5 rings (SSSR count). The highest BCUT2D eigenvalue weighted by Gasteiger charge is 2.35. The standard InChI is InChI=1S/C25H23F2N3O4/c1-25(2,32)15-9-7-14(8-10-15)17-11-12-20-28-21-18(31)13-33-23(22(21)30(20)29-17)16-5-3-4-6-19(16)34-24(26)27/h3-12,18,23-24,31-32H,13H2,1-2H3. The van der Waals surface area contributed by atoms with Crippen LogP contribution in [0.3, 0.4) is 0 Å². The second kappa shape index (κ2) is 8.43. The smallest absolute Gasteiger partial charge is 0.387 e. The van der Waals surface area contributed by atoms with Crippen LogP contribution in [0, 0.1) is 0 Å². The molecule has 0 fully saturated rings. The summed E-state index contributed by atoms with van der Waals surface area (Å²) in [5, 5.41) is 25.5. The third kappa shape index (κ3) is 4.02. The Morgan fingerprint density at radius 1 is 1.09 bits per heavy atom. The van der Waals surface area contributed by atoms with E-state index in [-0.39, 0.29) is 12.4 Å². The number of hydrogen-bond donors (Lipinski definition) is 2. The van der Waals surface area contributed by atoms with Crippen molar-refractivity contribution >= 4 is 5.65 Å². The first kappa shape index (κ1) is 22.4. The zero-order valence-corrected chi connectivity index (χ0v) is 18.5. The average molecular weight is 467 g/mol. The van der Waals surface area contributed by atoms with E-state index in [1.165, 1.54) is 6.07 Å². The summed E-state index contributed by atoms with van der Waals surface area (Å²) in [5.74, 6) is -0.0156. The molecule has 0 radical (unpaired) electrons. The lowest BCUT2D eigenvalue weighted by atomic mass is 9.97. The van der Waals surface area contributed by atoms with Crippen LogP contribution < -0.4 is 4.74 Å². The Hall–Kier alpha value is -3.40. The van der Waals surface area contributed by atoms with Crippen LogP contribution in [0.5, 0.6) is 5.75 Å². The van der Waals surface area contributed by atoms with Gasteiger partial charge in [-0.2, -0.15) is 13.9 Å². The number of rotatable bonds is 5. The minimum atomic E-state index is -2.99. The molecule has 7 nitrogen and oxygen atoms in total. The molecular weight excluding hydrogens is 444 g/mol. The number of imidazole rings is 1. The second-order valence-electron chi connectivity index (χ2n) is 8.65. The van der Waals surface area contributed by atoms with Crippen molar-refractivity contribution in [1.29, 1.82) is 0 Å². The summed E-state index contributed by atoms with van der Waals surface area (Å²) < 4.78 is 38.2. The number of ether oxygens (including phenoxy) is 2. The lowest BCUT2D eigenvalue weighted by Crippen LogP contribution is -2.24. The fourth-order valence-corrected chi connectivity index (χ4v) is 4.14. The molecule has 0 bridgehead atoms. The van der Waals surface area contributed by atoms with Crippen LogP contribution in [-0.2, 0) is 10.3 Å². The van der Waals surface area contributed by atoms with Gasteiger partial charge in [0.05, 0.1) is 23.6 Å². The van der Waals surface area contributed by atoms with Crippen LogP contribution in [0.4, 0.5) is 8.78 Å². The number of fused-ring (bicyclic) bond motifs is 3. The lowest BCUT2D eigenvalue weighted by molar-refractivity contribution is -0.0549. The van der Waals surface area contributed by atoms with Gasteiger partial charge < -0.3 is 19.7 Å². The molecule has 3 heterocycles. The molecule has 0 aliphatic carbocycles. The molecule has 2 aromatic heterocycles. The van der Waals surface area contributed by atoms with Crippen LogP contribution in [0.1, 0.15) is 48.6 Å². The van der Waals surface area contributed by atoms with Crippen LogP contribution in [0.2, 0.25) is 0 Å². The molecule has 0 saturated carbocycles. The Balaban J connectivity index is 1.63. The van der Waals surface area contributed by atoms with Gasteiger partial charge in [0.25, 0.3) is 0 Å². The van der Waals surface area contributed by atoms with Crippen molar-refractivity contribution < 1.29 is 28.5 Å². The highest BCUT2D eigenvalue weighted by molar-refractivity contribution is 5.61. The van der Waals surface area contributed by atoms with Crippen molar-refractivity contribution in [3.8, 4) is 17.0 Å². The number of aliphatic hydroxyl groups is 2. The highest BCUT2D eigenvalue weighted by Crippen LogP contribution is 2.40. The Kier molecular flexibility index (Phi) is 5.55. The van der Waals surface area contributed by atoms with E-state index in [1.54, 1.807) is 42.6 Å². The van der Waals surface area contributed by atoms with Crippen molar-refractivity contribution in [3.63, 3.8) is 0 Å². The number of hydrogen-bond acceptors (Lipinski definition) is 6. The van der Waals surface area contributed by atoms with Crippen molar-refractivity contribution in [1.82, 2.24) is 14.6 Å². The number of nitrogens with zero attached hydrogens (tertiary/aromatic N) is 3. The molecule has 2 aromatic carbocycles. The van der Waals surface area contributed by atoms with Gasteiger partial charge in [-0.3, -0.25) is 0 Å². The quantitative estimate of drug-likeness (QED) is 0.453. The van der Waals surface area contributed by atoms with E-state index in [0.717, 1.165) is 11.1 Å². The van der Waals surface area contributed by atoms with E-state index < -0.39 is 24.4 Å². The Morgan fingerprint density at radius 3 is 2.53 bits per heavy atom. The summed E-state index contributed by atoms with van der Waals surface area (Å²) in [7, 11) is 0. The van der Waals surface area contributed by atoms with Crippen molar-refractivity contribution in [2.24, 2.45) is 0 Å². The van der Waals surface area contributed by atoms with Gasteiger partial charge in [0.15, 0.2) is 5.65 Å². The molecular formula is C25H23F2N3O4. The zero-order chi connectivity index (χ0) is 24.0. The van der Waals surface area contributed by atoms with Gasteiger partial charge in [0.1, 0.15) is 23.7 Å². The minimum absolute atomic E-state index is 0.0156. The predicted molar refractivity (Wildman–Crippen MR) is 119 cm³/mol. The largest absolute Gasteiger partial charge is 0.434 e. The molecule has 1 aliphatic rings. The van der Waals surface area contributed by atoms with Crippen LogP contribution in [0.15, 0.2) is 60.7 Å². The lowest BCUT2D eigenvalue weighted by Gasteiger charge is -2.27. The van der Waals surface area contributed by atoms with Gasteiger partial charge >= 0.3 is 6.61 Å². The van der Waals surface area contributed by atoms with Gasteiger partial charge in [-0.25, -0.2) is 9.50 Å². The van der Waals surface area contributed by atoms with Crippen molar-refractivity contribution in [2.75, 3.05) is 6.61 Å². The average Bonchev–Trinajstić information content (AvgIpc) is 3.19. The Labute approximate surface area is 194 Å². The van der Waals surface area contributed by atoms with Gasteiger partial charge in [-0.05, 0) is 37.6 Å². The molecule has 0 amide bonds. The van der Waals surface area contributed by atoms with E-state index in [4.69, 9.17) is 14.6 Å². The summed E-state index contributed by atoms with van der Waals surface area (Å²) in [6.07, 6.45) is -1.80. The zero-order valence-electron chi connectivity index (χ0n) is 18.5. The molecule has 2 atom stereocenters. The van der Waals surface area contributed by atoms with Gasteiger partial charge in [-0.15, -0.1) is 0 Å². The van der Waals surface area contributed by atoms with E-state index in [2.05, 4.69) is 4.98 Å². The van der Waals surface area contributed by atoms with Crippen molar-refractivity contribution in [3.05, 3.63) is 83.2 Å². The molecule has 0 saturated heterocycles. The molecule has 4 aromatic rings. The summed E-state index contributed by atoms with van der Waals surface area (Å²) in [4.78, 5) is 4.53. The first-order valence-electron chi connectivity index (χ1n) is 10.8.